The lowest BCUT2D eigenvalue weighted by Gasteiger charge is -2.28. The van der Waals surface area contributed by atoms with Gasteiger partial charge in [-0.25, -0.2) is 0 Å². The third-order valence-corrected chi connectivity index (χ3v) is 15.4. The Bertz CT molecular complexity index is 1050. The zero-order chi connectivity index (χ0) is 34.3. The van der Waals surface area contributed by atoms with Crippen molar-refractivity contribution < 1.29 is 35.7 Å². The summed E-state index contributed by atoms with van der Waals surface area (Å²) in [6.07, 6.45) is 6.66. The molecule has 0 N–H and O–H groups in total. The molecule has 0 aliphatic carbocycles. The van der Waals surface area contributed by atoms with Gasteiger partial charge in [0.15, 0.2) is 0 Å². The van der Waals surface area contributed by atoms with Crippen LogP contribution in [0.15, 0.2) is 6.07 Å². The predicted molar refractivity (Wildman–Crippen MR) is 194 cm³/mol. The monoisotopic (exact) mass is 694 g/mol. The van der Waals surface area contributed by atoms with Crippen LogP contribution in [0.25, 0.3) is 0 Å². The van der Waals surface area contributed by atoms with Gasteiger partial charge in [-0.2, -0.15) is 0 Å². The van der Waals surface area contributed by atoms with Crippen LogP contribution >= 0.6 is 0 Å². The minimum absolute atomic E-state index is 0.627. The summed E-state index contributed by atoms with van der Waals surface area (Å²) in [5, 5.41) is 0. The molecule has 47 heavy (non-hydrogen) atoms. The fourth-order valence-electron chi connectivity index (χ4n) is 6.95. The molecule has 0 radical (unpaired) electrons. The maximum Gasteiger partial charge on any atom is 0.501 e. The van der Waals surface area contributed by atoms with Gasteiger partial charge in [0.2, 0.25) is 12.7 Å². The number of nitrogens with zero attached hydrogens (tertiary/aromatic N) is 4. The Hall–Kier alpha value is -1.65. The van der Waals surface area contributed by atoms with E-state index in [-0.39, 0.29) is 0 Å². The van der Waals surface area contributed by atoms with E-state index in [0.717, 1.165) is 77.3 Å². The summed E-state index contributed by atoms with van der Waals surface area (Å²) in [7, 11) is -5.19. The van der Waals surface area contributed by atoms with Crippen molar-refractivity contribution in [2.45, 2.75) is 100 Å². The number of benzene rings is 1. The molecule has 2 heterocycles. The van der Waals surface area contributed by atoms with Crippen LogP contribution in [-0.2, 0) is 39.6 Å². The summed E-state index contributed by atoms with van der Waals surface area (Å²) >= 11 is 0. The standard InChI is InChI=1S/C35H66N4O6Si2/c1-10-40-46(41-11-2,42-12-3)24-16-18-36-20-22-38(29-36)27-34-31(7)26-32(8)35(33(34)9)28-39-23-21-37(30-39)19-17-25-47(43-13-4,44-14-5)45-15-6/h26,29-30H,10-25,27-28H2,1-9H3/q+2. The Balaban J connectivity index is 1.60. The number of rotatable bonds is 24. The molecule has 0 unspecified atom stereocenters. The quantitative estimate of drug-likeness (QED) is 0.108. The van der Waals surface area contributed by atoms with Gasteiger partial charge in [0, 0.05) is 51.7 Å². The molecule has 0 amide bonds. The van der Waals surface area contributed by atoms with Gasteiger partial charge < -0.3 is 26.6 Å². The van der Waals surface area contributed by atoms with Gasteiger partial charge in [0.1, 0.15) is 39.3 Å². The largest absolute Gasteiger partial charge is 0.501 e. The van der Waals surface area contributed by atoms with Gasteiger partial charge in [-0.3, -0.25) is 19.0 Å². The smallest absolute Gasteiger partial charge is 0.374 e. The molecular formula is C35H66N4O6Si2+2. The Labute approximate surface area is 288 Å². The first-order valence-corrected chi connectivity index (χ1v) is 22.1. The minimum atomic E-state index is -2.59. The number of aryl methyl sites for hydroxylation is 2. The van der Waals surface area contributed by atoms with Crippen LogP contribution in [0, 0.1) is 20.8 Å². The first-order chi connectivity index (χ1) is 22.7. The van der Waals surface area contributed by atoms with E-state index in [9.17, 15) is 0 Å². The van der Waals surface area contributed by atoms with E-state index >= 15 is 0 Å². The Morgan fingerprint density at radius 1 is 0.574 bits per heavy atom. The molecule has 0 bridgehead atoms. The fourth-order valence-corrected chi connectivity index (χ4v) is 12.1. The molecule has 12 heteroatoms. The van der Waals surface area contributed by atoms with Gasteiger partial charge in [-0.05, 0) is 103 Å². The van der Waals surface area contributed by atoms with E-state index in [1.54, 1.807) is 0 Å². The summed E-state index contributed by atoms with van der Waals surface area (Å²) in [6, 6.07) is 4.10. The lowest BCUT2D eigenvalue weighted by Crippen LogP contribution is -2.46. The molecule has 10 nitrogen and oxygen atoms in total. The lowest BCUT2D eigenvalue weighted by molar-refractivity contribution is -0.531. The highest BCUT2D eigenvalue weighted by Crippen LogP contribution is 2.25. The van der Waals surface area contributed by atoms with E-state index in [1.807, 2.05) is 41.5 Å². The molecule has 0 atom stereocenters. The molecule has 0 aromatic heterocycles. The molecule has 0 saturated carbocycles. The third kappa shape index (κ3) is 11.7. The van der Waals surface area contributed by atoms with Crippen molar-refractivity contribution in [1.29, 1.82) is 0 Å². The van der Waals surface area contributed by atoms with Crippen LogP contribution in [0.4, 0.5) is 0 Å². The van der Waals surface area contributed by atoms with Crippen molar-refractivity contribution in [3.63, 3.8) is 0 Å². The zero-order valence-corrected chi connectivity index (χ0v) is 33.2. The molecule has 1 aromatic carbocycles. The van der Waals surface area contributed by atoms with Gasteiger partial charge in [-0.15, -0.1) is 0 Å². The number of hydrogen-bond acceptors (Lipinski definition) is 8. The molecular weight excluding hydrogens is 629 g/mol. The van der Waals surface area contributed by atoms with E-state index in [1.165, 1.54) is 27.8 Å². The fraction of sp³-hybridized carbons (Fsp3) is 0.771. The van der Waals surface area contributed by atoms with E-state index < -0.39 is 17.6 Å². The molecule has 1 aromatic rings. The molecule has 0 saturated heterocycles. The van der Waals surface area contributed by atoms with Crippen LogP contribution in [0.3, 0.4) is 0 Å². The van der Waals surface area contributed by atoms with Crippen molar-refractivity contribution in [3.05, 3.63) is 33.9 Å². The second-order valence-electron chi connectivity index (χ2n) is 12.5. The summed E-state index contributed by atoms with van der Waals surface area (Å²) in [4.78, 5) is 4.89. The summed E-state index contributed by atoms with van der Waals surface area (Å²) in [5.41, 5.74) is 7.12. The lowest BCUT2D eigenvalue weighted by atomic mass is 9.93. The topological polar surface area (TPSA) is 67.9 Å². The molecule has 2 aliphatic rings. The highest BCUT2D eigenvalue weighted by molar-refractivity contribution is 6.61. The van der Waals surface area contributed by atoms with Crippen LogP contribution in [0.2, 0.25) is 12.1 Å². The molecule has 2 aliphatic heterocycles. The van der Waals surface area contributed by atoms with E-state index in [2.05, 4.69) is 58.5 Å². The first-order valence-electron chi connectivity index (χ1n) is 18.3. The van der Waals surface area contributed by atoms with E-state index in [0.29, 0.717) is 39.6 Å². The minimum Gasteiger partial charge on any atom is -0.374 e. The summed E-state index contributed by atoms with van der Waals surface area (Å²) in [6.45, 7) is 30.8. The highest BCUT2D eigenvalue weighted by Gasteiger charge is 2.41. The summed E-state index contributed by atoms with van der Waals surface area (Å²) < 4.78 is 41.3. The third-order valence-electron chi connectivity index (χ3n) is 9.06. The van der Waals surface area contributed by atoms with Crippen molar-refractivity contribution >= 4 is 30.3 Å². The zero-order valence-electron chi connectivity index (χ0n) is 31.2. The molecule has 268 valence electrons. The molecule has 0 fully saturated rings. The first kappa shape index (κ1) is 39.8. The maximum atomic E-state index is 6.06. The Morgan fingerprint density at radius 2 is 0.915 bits per heavy atom. The van der Waals surface area contributed by atoms with Gasteiger partial charge >= 0.3 is 17.6 Å². The van der Waals surface area contributed by atoms with Crippen molar-refractivity contribution in [2.24, 2.45) is 0 Å². The Kier molecular flexibility index (Phi) is 17.0. The van der Waals surface area contributed by atoms with Crippen LogP contribution < -0.4 is 0 Å². The van der Waals surface area contributed by atoms with E-state index in [4.69, 9.17) is 26.6 Å². The van der Waals surface area contributed by atoms with Crippen molar-refractivity contribution in [1.82, 2.24) is 9.80 Å². The molecule has 0 spiro atoms. The predicted octanol–water partition coefficient (Wildman–Crippen LogP) is 5.20. The van der Waals surface area contributed by atoms with Crippen molar-refractivity contribution in [2.75, 3.05) is 78.9 Å². The Morgan fingerprint density at radius 3 is 1.23 bits per heavy atom. The average Bonchev–Trinajstić information content (AvgIpc) is 3.67. The van der Waals surface area contributed by atoms with Gasteiger partial charge in [0.05, 0.1) is 13.1 Å². The van der Waals surface area contributed by atoms with Gasteiger partial charge in [-0.1, -0.05) is 6.07 Å². The second kappa shape index (κ2) is 20.1. The number of hydrogen-bond donors (Lipinski definition) is 0. The van der Waals surface area contributed by atoms with Gasteiger partial charge in [0.25, 0.3) is 0 Å². The maximum absolute atomic E-state index is 6.06. The van der Waals surface area contributed by atoms with Crippen LogP contribution in [0.5, 0.6) is 0 Å². The normalized spacial score (nSPS) is 15.6. The summed E-state index contributed by atoms with van der Waals surface area (Å²) in [5.74, 6) is 0. The molecule has 3 rings (SSSR count). The average molecular weight is 695 g/mol. The van der Waals surface area contributed by atoms with Crippen molar-refractivity contribution in [3.8, 4) is 0 Å². The van der Waals surface area contributed by atoms with Crippen LogP contribution in [0.1, 0.15) is 82.2 Å². The second-order valence-corrected chi connectivity index (χ2v) is 18.0. The highest BCUT2D eigenvalue weighted by atomic mass is 28.4. The SMILES string of the molecule is CCO[Si](CCCN1C=[N+](Cc2c(C)cc(C)c(C[N+]3=CN(CCC[Si](OCC)(OCC)OCC)CC3)c2C)CC1)(OCC)OCC. The van der Waals surface area contributed by atoms with Crippen LogP contribution in [-0.4, -0.2) is 128 Å².